The molecule has 8 nitrogen and oxygen atoms in total. The molecule has 0 spiro atoms. The number of hydrogen-bond acceptors (Lipinski definition) is 7. The van der Waals surface area contributed by atoms with E-state index >= 15 is 0 Å². The molecule has 8 N–H and O–H groups in total. The minimum atomic E-state index is -1.79. The van der Waals surface area contributed by atoms with Gasteiger partial charge in [-0.2, -0.15) is 0 Å². The van der Waals surface area contributed by atoms with Gasteiger partial charge in [-0.05, 0) is 24.3 Å². The Labute approximate surface area is 132 Å². The number of hydrogen-bond donors (Lipinski definition) is 6. The first-order valence-corrected chi connectivity index (χ1v) is 7.59. The topological polar surface area (TPSA) is 159 Å². The normalized spacial score (nSPS) is 14.9. The number of nitrogens with two attached hydrogens (primary N) is 2. The molecule has 0 bridgehead atoms. The molecule has 1 heterocycles. The van der Waals surface area contributed by atoms with Crippen LogP contribution in [0, 0.1) is 0 Å². The van der Waals surface area contributed by atoms with Gasteiger partial charge in [-0.25, -0.2) is 0 Å². The van der Waals surface area contributed by atoms with Gasteiger partial charge in [0.1, 0.15) is 6.04 Å². The smallest absolute Gasteiger partial charge is 0.475 e. The van der Waals surface area contributed by atoms with E-state index in [9.17, 15) is 19.6 Å². The fraction of sp³-hybridized carbons (Fsp3) is 0.500. The lowest BCUT2D eigenvalue weighted by molar-refractivity contribution is -0.138. The Kier molecular flexibility index (Phi) is 7.49. The van der Waals surface area contributed by atoms with Gasteiger partial charge in [0.05, 0.1) is 12.4 Å². The highest BCUT2D eigenvalue weighted by atomic mass is 32.1. The molecule has 0 aliphatic carbocycles. The molecule has 1 amide bonds. The van der Waals surface area contributed by atoms with E-state index < -0.39 is 31.1 Å². The molecule has 0 saturated carbocycles. The molecule has 0 fully saturated rings. The molecule has 0 radical (unpaired) electrons. The highest BCUT2D eigenvalue weighted by Crippen LogP contribution is 2.10. The molecule has 0 aromatic carbocycles. The molecule has 0 aliphatic rings. The summed E-state index contributed by atoms with van der Waals surface area (Å²) in [5.74, 6) is -2.53. The van der Waals surface area contributed by atoms with Crippen LogP contribution in [0.2, 0.25) is 0 Å². The highest BCUT2D eigenvalue weighted by molar-refractivity contribution is 7.10. The van der Waals surface area contributed by atoms with Crippen LogP contribution in [-0.4, -0.2) is 52.2 Å². The van der Waals surface area contributed by atoms with Gasteiger partial charge in [0, 0.05) is 10.9 Å². The van der Waals surface area contributed by atoms with Gasteiger partial charge in [-0.15, -0.1) is 11.3 Å². The number of carboxylic acid groups (broad SMARTS) is 1. The lowest BCUT2D eigenvalue weighted by Crippen LogP contribution is -2.50. The molecular weight excluding hydrogens is 309 g/mol. The van der Waals surface area contributed by atoms with Crippen molar-refractivity contribution in [2.45, 2.75) is 37.3 Å². The maximum Gasteiger partial charge on any atom is 0.475 e. The van der Waals surface area contributed by atoms with Gasteiger partial charge in [0.25, 0.3) is 0 Å². The number of aliphatic carboxylic acids is 1. The zero-order valence-corrected chi connectivity index (χ0v) is 12.7. The largest absolute Gasteiger partial charge is 0.480 e. The van der Waals surface area contributed by atoms with Crippen molar-refractivity contribution in [1.82, 2.24) is 5.32 Å². The third kappa shape index (κ3) is 6.54. The van der Waals surface area contributed by atoms with Gasteiger partial charge >= 0.3 is 13.1 Å². The Morgan fingerprint density at radius 1 is 1.32 bits per heavy atom. The number of carboxylic acids is 1. The number of rotatable bonds is 9. The number of amides is 1. The van der Waals surface area contributed by atoms with Crippen molar-refractivity contribution in [2.75, 3.05) is 0 Å². The second-order valence-electron chi connectivity index (χ2n) is 5.02. The predicted molar refractivity (Wildman–Crippen MR) is 83.0 cm³/mol. The zero-order valence-electron chi connectivity index (χ0n) is 11.9. The summed E-state index contributed by atoms with van der Waals surface area (Å²) in [7, 11) is -1.79. The van der Waals surface area contributed by atoms with Crippen LogP contribution in [0.1, 0.15) is 17.7 Å². The minimum absolute atomic E-state index is 0.00876. The van der Waals surface area contributed by atoms with Crippen LogP contribution < -0.4 is 16.8 Å². The molecule has 1 aromatic rings. The Hall–Kier alpha value is -1.46. The van der Waals surface area contributed by atoms with Crippen LogP contribution in [0.15, 0.2) is 17.5 Å². The number of carbonyl (C=O) groups excluding carboxylic acids is 1. The summed E-state index contributed by atoms with van der Waals surface area (Å²) in [6.45, 7) is 0. The molecular formula is C12H20BN3O5S. The van der Waals surface area contributed by atoms with Crippen LogP contribution in [0.3, 0.4) is 0 Å². The first kappa shape index (κ1) is 18.6. The van der Waals surface area contributed by atoms with Crippen molar-refractivity contribution >= 4 is 30.3 Å². The SMILES string of the molecule is NC(CC(N)C(=O)O)C[C@H](NC(=O)Cc1cccs1)B(O)O. The molecule has 22 heavy (non-hydrogen) atoms. The zero-order chi connectivity index (χ0) is 16.7. The predicted octanol–water partition coefficient (Wildman–Crippen LogP) is -1.69. The van der Waals surface area contributed by atoms with E-state index in [1.807, 2.05) is 11.4 Å². The average Bonchev–Trinajstić information content (AvgIpc) is 2.90. The molecule has 3 atom stereocenters. The van der Waals surface area contributed by atoms with Crippen molar-refractivity contribution in [3.63, 3.8) is 0 Å². The third-order valence-electron chi connectivity index (χ3n) is 3.05. The summed E-state index contributed by atoms with van der Waals surface area (Å²) in [5.41, 5.74) is 11.1. The number of nitrogens with one attached hydrogen (secondary N) is 1. The molecule has 2 unspecified atom stereocenters. The van der Waals surface area contributed by atoms with E-state index in [-0.39, 0.29) is 25.2 Å². The van der Waals surface area contributed by atoms with Crippen LogP contribution in [0.5, 0.6) is 0 Å². The van der Waals surface area contributed by atoms with Crippen LogP contribution >= 0.6 is 11.3 Å². The van der Waals surface area contributed by atoms with Crippen molar-refractivity contribution in [1.29, 1.82) is 0 Å². The Morgan fingerprint density at radius 3 is 2.50 bits per heavy atom. The van der Waals surface area contributed by atoms with Crippen LogP contribution in [0.4, 0.5) is 0 Å². The summed E-state index contributed by atoms with van der Waals surface area (Å²) in [5, 5.41) is 31.7. The monoisotopic (exact) mass is 329 g/mol. The molecule has 0 saturated heterocycles. The standard InChI is InChI=1S/C12H20BN3O5S/c14-7(4-9(15)12(18)19)5-10(13(20)21)16-11(17)6-8-2-1-3-22-8/h1-3,7,9-10,20-21H,4-6,14-15H2,(H,16,17)(H,18,19)/t7?,9?,10-/m0/s1. The van der Waals surface area contributed by atoms with E-state index in [0.29, 0.717) is 0 Å². The number of carbonyl (C=O) groups is 2. The maximum absolute atomic E-state index is 11.9. The molecule has 0 aliphatic heterocycles. The van der Waals surface area contributed by atoms with Gasteiger partial charge in [0.2, 0.25) is 5.91 Å². The van der Waals surface area contributed by atoms with Gasteiger partial charge < -0.3 is 31.9 Å². The van der Waals surface area contributed by atoms with E-state index in [4.69, 9.17) is 16.6 Å². The van der Waals surface area contributed by atoms with Crippen LogP contribution in [0.25, 0.3) is 0 Å². The highest BCUT2D eigenvalue weighted by Gasteiger charge is 2.28. The Balaban J connectivity index is 2.50. The van der Waals surface area contributed by atoms with Crippen molar-refractivity contribution in [3.05, 3.63) is 22.4 Å². The second kappa shape index (κ2) is 8.86. The lowest BCUT2D eigenvalue weighted by atomic mass is 9.75. The first-order valence-electron chi connectivity index (χ1n) is 6.71. The first-order chi connectivity index (χ1) is 10.3. The average molecular weight is 329 g/mol. The van der Waals surface area contributed by atoms with Crippen molar-refractivity contribution in [3.8, 4) is 0 Å². The Morgan fingerprint density at radius 2 is 2.00 bits per heavy atom. The van der Waals surface area contributed by atoms with E-state index in [1.54, 1.807) is 6.07 Å². The van der Waals surface area contributed by atoms with E-state index in [0.717, 1.165) is 4.88 Å². The molecule has 1 rings (SSSR count). The van der Waals surface area contributed by atoms with Crippen LogP contribution in [-0.2, 0) is 16.0 Å². The lowest BCUT2D eigenvalue weighted by Gasteiger charge is -2.22. The quantitative estimate of drug-likeness (QED) is 0.295. The maximum atomic E-state index is 11.9. The van der Waals surface area contributed by atoms with Gasteiger partial charge in [0.15, 0.2) is 0 Å². The fourth-order valence-electron chi connectivity index (χ4n) is 1.93. The molecule has 10 heteroatoms. The van der Waals surface area contributed by atoms with Gasteiger partial charge in [-0.3, -0.25) is 9.59 Å². The summed E-state index contributed by atoms with van der Waals surface area (Å²) >= 11 is 1.42. The summed E-state index contributed by atoms with van der Waals surface area (Å²) in [6, 6.07) is 1.80. The van der Waals surface area contributed by atoms with Crippen molar-refractivity contribution < 1.29 is 24.7 Å². The third-order valence-corrected chi connectivity index (χ3v) is 3.93. The Bertz CT molecular complexity index is 485. The van der Waals surface area contributed by atoms with Crippen molar-refractivity contribution in [2.24, 2.45) is 11.5 Å². The van der Waals surface area contributed by atoms with Gasteiger partial charge in [-0.1, -0.05) is 6.07 Å². The minimum Gasteiger partial charge on any atom is -0.480 e. The van der Waals surface area contributed by atoms with E-state index in [2.05, 4.69) is 5.32 Å². The van der Waals surface area contributed by atoms with E-state index in [1.165, 1.54) is 11.3 Å². The summed E-state index contributed by atoms with van der Waals surface area (Å²) < 4.78 is 0. The summed E-state index contributed by atoms with van der Waals surface area (Å²) in [6.07, 6.45) is 0.110. The molecule has 122 valence electrons. The molecule has 1 aromatic heterocycles. The fourth-order valence-corrected chi connectivity index (χ4v) is 2.64. The summed E-state index contributed by atoms with van der Waals surface area (Å²) in [4.78, 5) is 23.4. The second-order valence-corrected chi connectivity index (χ2v) is 6.05. The number of thiophene rings is 1.